The van der Waals surface area contributed by atoms with Gasteiger partial charge in [0.25, 0.3) is 0 Å². The summed E-state index contributed by atoms with van der Waals surface area (Å²) in [6, 6.07) is 1.25. The number of pyridine rings is 1. The molecule has 6 heteroatoms. The predicted octanol–water partition coefficient (Wildman–Crippen LogP) is 2.29. The van der Waals surface area contributed by atoms with Crippen LogP contribution in [0, 0.1) is 5.82 Å². The van der Waals surface area contributed by atoms with Crippen LogP contribution < -0.4 is 5.73 Å². The van der Waals surface area contributed by atoms with Crippen molar-refractivity contribution in [3.8, 4) is 0 Å². The van der Waals surface area contributed by atoms with E-state index in [0.29, 0.717) is 12.0 Å². The van der Waals surface area contributed by atoms with Gasteiger partial charge in [0.05, 0.1) is 0 Å². The van der Waals surface area contributed by atoms with Crippen LogP contribution in [0.4, 0.5) is 9.18 Å². The number of aromatic nitrogens is 1. The molecule has 0 atom stereocenters. The number of hydrogen-bond donors (Lipinski definition) is 1. The van der Waals surface area contributed by atoms with E-state index >= 15 is 0 Å². The number of hydrogen-bond acceptors (Lipinski definition) is 3. The molecule has 1 rings (SSSR count). The summed E-state index contributed by atoms with van der Waals surface area (Å²) in [4.78, 5) is 14.3. The maximum absolute atomic E-state index is 13.1. The van der Waals surface area contributed by atoms with Gasteiger partial charge in [0, 0.05) is 12.6 Å². The minimum absolute atomic E-state index is 0.183. The molecule has 0 spiro atoms. The molecule has 16 heavy (non-hydrogen) atoms. The summed E-state index contributed by atoms with van der Waals surface area (Å²) in [5.74, 6) is -0.603. The Balaban J connectivity index is 2.79. The Morgan fingerprint density at radius 2 is 2.31 bits per heavy atom. The molecule has 0 bridgehead atoms. The first-order valence-corrected chi connectivity index (χ1v) is 4.96. The van der Waals surface area contributed by atoms with Crippen LogP contribution >= 0.6 is 11.6 Å². The summed E-state index contributed by atoms with van der Waals surface area (Å²) in [6.07, 6.45) is 0.863. The average Bonchev–Trinajstić information content (AvgIpc) is 2.08. The molecule has 0 aliphatic heterocycles. The van der Waals surface area contributed by atoms with Crippen LogP contribution in [0.2, 0.25) is 5.15 Å². The van der Waals surface area contributed by atoms with E-state index in [4.69, 9.17) is 22.1 Å². The smallest absolute Gasteiger partial charge is 0.405 e. The summed E-state index contributed by atoms with van der Waals surface area (Å²) in [7, 11) is 0. The molecule has 0 aliphatic carbocycles. The van der Waals surface area contributed by atoms with E-state index in [0.717, 1.165) is 0 Å². The van der Waals surface area contributed by atoms with Crippen molar-refractivity contribution in [1.82, 2.24) is 4.98 Å². The Kier molecular flexibility index (Phi) is 3.70. The fourth-order valence-electron chi connectivity index (χ4n) is 1.36. The van der Waals surface area contributed by atoms with Crippen molar-refractivity contribution in [3.05, 3.63) is 28.8 Å². The maximum atomic E-state index is 13.1. The van der Waals surface area contributed by atoms with E-state index in [1.807, 2.05) is 0 Å². The normalized spacial score (nSPS) is 11.2. The summed E-state index contributed by atoms with van der Waals surface area (Å²) < 4.78 is 18.0. The highest BCUT2D eigenvalue weighted by Crippen LogP contribution is 2.19. The van der Waals surface area contributed by atoms with Gasteiger partial charge in [0.15, 0.2) is 11.0 Å². The summed E-state index contributed by atoms with van der Waals surface area (Å²) in [6.45, 7) is 3.34. The van der Waals surface area contributed by atoms with E-state index in [1.54, 1.807) is 13.8 Å². The van der Waals surface area contributed by atoms with Gasteiger partial charge in [-0.3, -0.25) is 0 Å². The summed E-state index contributed by atoms with van der Waals surface area (Å²) in [5.41, 5.74) is 4.68. The zero-order chi connectivity index (χ0) is 12.3. The van der Waals surface area contributed by atoms with Crippen LogP contribution in [0.3, 0.4) is 0 Å². The molecular weight excluding hydrogens is 235 g/mol. The van der Waals surface area contributed by atoms with Crippen molar-refractivity contribution in [3.63, 3.8) is 0 Å². The number of carbonyl (C=O) groups excluding carboxylic acids is 1. The van der Waals surface area contributed by atoms with Crippen molar-refractivity contribution in [2.75, 3.05) is 0 Å². The molecule has 1 heterocycles. The molecule has 0 radical (unpaired) electrons. The minimum Gasteiger partial charge on any atom is -0.443 e. The van der Waals surface area contributed by atoms with Gasteiger partial charge in [-0.1, -0.05) is 11.6 Å². The topological polar surface area (TPSA) is 65.2 Å². The van der Waals surface area contributed by atoms with Gasteiger partial charge < -0.3 is 10.5 Å². The zero-order valence-corrected chi connectivity index (χ0v) is 9.71. The molecule has 1 aromatic rings. The van der Waals surface area contributed by atoms with Crippen molar-refractivity contribution < 1.29 is 13.9 Å². The Hall–Kier alpha value is -1.36. The first-order chi connectivity index (χ1) is 7.30. The Bertz CT molecular complexity index is 410. The highest BCUT2D eigenvalue weighted by atomic mass is 35.5. The number of carbonyl (C=O) groups is 1. The molecule has 0 unspecified atom stereocenters. The van der Waals surface area contributed by atoms with Crippen molar-refractivity contribution in [2.45, 2.75) is 25.9 Å². The largest absolute Gasteiger partial charge is 0.443 e. The molecule has 1 amide bonds. The second-order valence-electron chi connectivity index (χ2n) is 3.97. The molecule has 0 aromatic carbocycles. The van der Waals surface area contributed by atoms with E-state index in [-0.39, 0.29) is 5.15 Å². The van der Waals surface area contributed by atoms with Crippen LogP contribution in [-0.4, -0.2) is 16.7 Å². The second-order valence-corrected chi connectivity index (χ2v) is 4.33. The zero-order valence-electron chi connectivity index (χ0n) is 8.96. The quantitative estimate of drug-likeness (QED) is 0.833. The number of ether oxygens (including phenoxy) is 1. The van der Waals surface area contributed by atoms with Gasteiger partial charge in [-0.05, 0) is 25.5 Å². The standard InChI is InChI=1S/C10H12ClFN2O2/c1-10(2,16-9(13)15)4-6-3-7(12)8(11)14-5-6/h3,5H,4H2,1-2H3,(H2,13,15). The lowest BCUT2D eigenvalue weighted by molar-refractivity contribution is 0.0459. The molecule has 4 nitrogen and oxygen atoms in total. The van der Waals surface area contributed by atoms with Gasteiger partial charge in [-0.15, -0.1) is 0 Å². The van der Waals surface area contributed by atoms with Crippen molar-refractivity contribution >= 4 is 17.7 Å². The number of nitrogens with zero attached hydrogens (tertiary/aromatic N) is 1. The van der Waals surface area contributed by atoms with E-state index in [1.165, 1.54) is 12.3 Å². The molecule has 0 fully saturated rings. The van der Waals surface area contributed by atoms with E-state index < -0.39 is 17.5 Å². The lowest BCUT2D eigenvalue weighted by Gasteiger charge is -2.23. The second kappa shape index (κ2) is 4.65. The first kappa shape index (κ1) is 12.7. The third-order valence-electron chi connectivity index (χ3n) is 1.86. The van der Waals surface area contributed by atoms with Crippen LogP contribution in [0.25, 0.3) is 0 Å². The SMILES string of the molecule is CC(C)(Cc1cnc(Cl)c(F)c1)OC(N)=O. The lowest BCUT2D eigenvalue weighted by atomic mass is 10.00. The fourth-order valence-corrected chi connectivity index (χ4v) is 1.46. The molecule has 88 valence electrons. The monoisotopic (exact) mass is 246 g/mol. The summed E-state index contributed by atoms with van der Waals surface area (Å²) >= 11 is 5.44. The fraction of sp³-hybridized carbons (Fsp3) is 0.400. The third kappa shape index (κ3) is 3.66. The van der Waals surface area contributed by atoms with Crippen LogP contribution in [0.1, 0.15) is 19.4 Å². The van der Waals surface area contributed by atoms with Crippen LogP contribution in [0.5, 0.6) is 0 Å². The minimum atomic E-state index is -0.868. The highest BCUT2D eigenvalue weighted by molar-refractivity contribution is 6.29. The lowest BCUT2D eigenvalue weighted by Crippen LogP contribution is -2.33. The average molecular weight is 247 g/mol. The molecular formula is C10H12ClFN2O2. The Morgan fingerprint density at radius 3 is 2.81 bits per heavy atom. The highest BCUT2D eigenvalue weighted by Gasteiger charge is 2.22. The number of amides is 1. The summed E-state index contributed by atoms with van der Waals surface area (Å²) in [5, 5.41) is -0.183. The molecule has 0 saturated carbocycles. The maximum Gasteiger partial charge on any atom is 0.405 e. The first-order valence-electron chi connectivity index (χ1n) is 4.58. The van der Waals surface area contributed by atoms with E-state index in [2.05, 4.69) is 4.98 Å². The molecule has 2 N–H and O–H groups in total. The van der Waals surface area contributed by atoms with Crippen LogP contribution in [0.15, 0.2) is 12.3 Å². The Morgan fingerprint density at radius 1 is 1.69 bits per heavy atom. The predicted molar refractivity (Wildman–Crippen MR) is 57.7 cm³/mol. The van der Waals surface area contributed by atoms with Crippen molar-refractivity contribution in [1.29, 1.82) is 0 Å². The van der Waals surface area contributed by atoms with Gasteiger partial charge >= 0.3 is 6.09 Å². The third-order valence-corrected chi connectivity index (χ3v) is 2.14. The van der Waals surface area contributed by atoms with Crippen molar-refractivity contribution in [2.24, 2.45) is 5.73 Å². The number of rotatable bonds is 3. The van der Waals surface area contributed by atoms with Gasteiger partial charge in [-0.25, -0.2) is 14.2 Å². The van der Waals surface area contributed by atoms with Gasteiger partial charge in [0.2, 0.25) is 0 Å². The number of halogens is 2. The van der Waals surface area contributed by atoms with Gasteiger partial charge in [-0.2, -0.15) is 0 Å². The molecule has 0 saturated heterocycles. The molecule has 1 aromatic heterocycles. The van der Waals surface area contributed by atoms with Crippen LogP contribution in [-0.2, 0) is 11.2 Å². The van der Waals surface area contributed by atoms with Gasteiger partial charge in [0.1, 0.15) is 5.60 Å². The molecule has 0 aliphatic rings. The Labute approximate surface area is 97.6 Å². The van der Waals surface area contributed by atoms with E-state index in [9.17, 15) is 9.18 Å². The number of nitrogens with two attached hydrogens (primary N) is 1. The number of primary amides is 1.